The van der Waals surface area contributed by atoms with E-state index in [-0.39, 0.29) is 12.4 Å². The summed E-state index contributed by atoms with van der Waals surface area (Å²) in [4.78, 5) is 2.67. The average Bonchev–Trinajstić information content (AvgIpc) is 3.00. The van der Waals surface area contributed by atoms with Crippen LogP contribution in [0.15, 0.2) is 24.3 Å². The van der Waals surface area contributed by atoms with Gasteiger partial charge in [-0.15, -0.1) is 12.4 Å². The van der Waals surface area contributed by atoms with Crippen molar-refractivity contribution in [2.24, 2.45) is 5.41 Å². The Morgan fingerprint density at radius 3 is 2.84 bits per heavy atom. The number of hydrogen-bond donors (Lipinski definition) is 1. The molecule has 1 aromatic carbocycles. The molecule has 0 aliphatic carbocycles. The SMILES string of the molecule is Cc1cccc(C(C)N2CCC3(CCNC3)C2)c1.Cl. The Hall–Kier alpha value is -0.570. The second kappa shape index (κ2) is 5.82. The molecule has 2 heterocycles. The van der Waals surface area contributed by atoms with Crippen molar-refractivity contribution >= 4 is 12.4 Å². The maximum Gasteiger partial charge on any atom is 0.0320 e. The summed E-state index contributed by atoms with van der Waals surface area (Å²) in [6.45, 7) is 9.52. The van der Waals surface area contributed by atoms with Crippen molar-refractivity contribution in [2.45, 2.75) is 32.7 Å². The largest absolute Gasteiger partial charge is 0.316 e. The molecule has 0 saturated carbocycles. The van der Waals surface area contributed by atoms with Gasteiger partial charge in [-0.05, 0) is 50.8 Å². The van der Waals surface area contributed by atoms with E-state index in [1.54, 1.807) is 0 Å². The Labute approximate surface area is 123 Å². The molecule has 3 heteroatoms. The summed E-state index contributed by atoms with van der Waals surface area (Å²) in [5, 5.41) is 3.54. The van der Waals surface area contributed by atoms with Gasteiger partial charge in [-0.1, -0.05) is 29.8 Å². The zero-order valence-corrected chi connectivity index (χ0v) is 12.8. The summed E-state index contributed by atoms with van der Waals surface area (Å²) in [6.07, 6.45) is 2.74. The molecule has 2 nitrogen and oxygen atoms in total. The highest BCUT2D eigenvalue weighted by molar-refractivity contribution is 5.85. The number of rotatable bonds is 2. The molecule has 106 valence electrons. The topological polar surface area (TPSA) is 15.3 Å². The highest BCUT2D eigenvalue weighted by Crippen LogP contribution is 2.39. The molecule has 0 bridgehead atoms. The van der Waals surface area contributed by atoms with Crippen molar-refractivity contribution in [1.29, 1.82) is 0 Å². The first kappa shape index (κ1) is 14.8. The summed E-state index contributed by atoms with van der Waals surface area (Å²) in [6, 6.07) is 9.54. The van der Waals surface area contributed by atoms with Gasteiger partial charge < -0.3 is 5.32 Å². The van der Waals surface area contributed by atoms with E-state index >= 15 is 0 Å². The molecule has 1 N–H and O–H groups in total. The Bertz CT molecular complexity index is 427. The third-order valence-electron chi connectivity index (χ3n) is 4.87. The lowest BCUT2D eigenvalue weighted by Crippen LogP contribution is -2.30. The van der Waals surface area contributed by atoms with E-state index in [0.717, 1.165) is 0 Å². The fourth-order valence-corrected chi connectivity index (χ4v) is 3.58. The first-order valence-electron chi connectivity index (χ1n) is 7.20. The number of benzene rings is 1. The quantitative estimate of drug-likeness (QED) is 0.895. The number of nitrogens with one attached hydrogen (secondary N) is 1. The predicted molar refractivity (Wildman–Crippen MR) is 83.0 cm³/mol. The second-order valence-corrected chi connectivity index (χ2v) is 6.24. The van der Waals surface area contributed by atoms with Crippen molar-refractivity contribution in [2.75, 3.05) is 26.2 Å². The van der Waals surface area contributed by atoms with E-state index in [1.807, 2.05) is 0 Å². The van der Waals surface area contributed by atoms with Gasteiger partial charge in [-0.25, -0.2) is 0 Å². The van der Waals surface area contributed by atoms with E-state index in [0.29, 0.717) is 11.5 Å². The molecule has 2 saturated heterocycles. The number of nitrogens with zero attached hydrogens (tertiary/aromatic N) is 1. The van der Waals surface area contributed by atoms with Crippen LogP contribution in [-0.2, 0) is 0 Å². The third-order valence-corrected chi connectivity index (χ3v) is 4.87. The first-order chi connectivity index (χ1) is 8.69. The normalized spacial score (nSPS) is 28.5. The van der Waals surface area contributed by atoms with Crippen LogP contribution in [0, 0.1) is 12.3 Å². The van der Waals surface area contributed by atoms with Crippen LogP contribution in [0.4, 0.5) is 0 Å². The highest BCUT2D eigenvalue weighted by atomic mass is 35.5. The summed E-state index contributed by atoms with van der Waals surface area (Å²) < 4.78 is 0. The number of halogens is 1. The van der Waals surface area contributed by atoms with Gasteiger partial charge in [0.05, 0.1) is 0 Å². The number of aryl methyl sites for hydroxylation is 1. The van der Waals surface area contributed by atoms with Crippen LogP contribution in [0.2, 0.25) is 0 Å². The monoisotopic (exact) mass is 280 g/mol. The molecule has 1 aromatic rings. The van der Waals surface area contributed by atoms with Gasteiger partial charge >= 0.3 is 0 Å². The molecule has 2 aliphatic rings. The molecule has 0 amide bonds. The van der Waals surface area contributed by atoms with Gasteiger partial charge in [0.2, 0.25) is 0 Å². The van der Waals surface area contributed by atoms with Gasteiger partial charge in [-0.2, -0.15) is 0 Å². The molecule has 0 radical (unpaired) electrons. The smallest absolute Gasteiger partial charge is 0.0320 e. The highest BCUT2D eigenvalue weighted by Gasteiger charge is 2.41. The van der Waals surface area contributed by atoms with Gasteiger partial charge in [0.1, 0.15) is 0 Å². The summed E-state index contributed by atoms with van der Waals surface area (Å²) in [7, 11) is 0. The molecular weight excluding hydrogens is 256 g/mol. The van der Waals surface area contributed by atoms with E-state index < -0.39 is 0 Å². The zero-order valence-electron chi connectivity index (χ0n) is 12.0. The Morgan fingerprint density at radius 2 is 2.16 bits per heavy atom. The van der Waals surface area contributed by atoms with E-state index in [2.05, 4.69) is 48.3 Å². The molecule has 3 rings (SSSR count). The minimum Gasteiger partial charge on any atom is -0.316 e. The predicted octanol–water partition coefficient (Wildman–Crippen LogP) is 3.16. The maximum absolute atomic E-state index is 3.54. The Balaban J connectivity index is 0.00000133. The van der Waals surface area contributed by atoms with Crippen LogP contribution in [0.3, 0.4) is 0 Å². The van der Waals surface area contributed by atoms with Gasteiger partial charge in [0.25, 0.3) is 0 Å². The van der Waals surface area contributed by atoms with Crippen LogP contribution >= 0.6 is 12.4 Å². The standard InChI is InChI=1S/C16H24N2.ClH/c1-13-4-3-5-15(10-13)14(2)18-9-7-16(12-18)6-8-17-11-16;/h3-5,10,14,17H,6-9,11-12H2,1-2H3;1H. The summed E-state index contributed by atoms with van der Waals surface area (Å²) in [5.41, 5.74) is 3.42. The lowest BCUT2D eigenvalue weighted by molar-refractivity contribution is 0.224. The van der Waals surface area contributed by atoms with E-state index in [9.17, 15) is 0 Å². The van der Waals surface area contributed by atoms with Crippen molar-refractivity contribution in [1.82, 2.24) is 10.2 Å². The molecular formula is C16H25ClN2. The first-order valence-corrected chi connectivity index (χ1v) is 7.20. The molecule has 2 unspecified atom stereocenters. The number of hydrogen-bond acceptors (Lipinski definition) is 2. The van der Waals surface area contributed by atoms with Crippen molar-refractivity contribution in [3.8, 4) is 0 Å². The van der Waals surface area contributed by atoms with Crippen LogP contribution in [0.25, 0.3) is 0 Å². The van der Waals surface area contributed by atoms with Crippen molar-refractivity contribution in [3.05, 3.63) is 35.4 Å². The Morgan fingerprint density at radius 1 is 1.32 bits per heavy atom. The minimum atomic E-state index is 0. The van der Waals surface area contributed by atoms with Gasteiger partial charge in [0, 0.05) is 19.1 Å². The fraction of sp³-hybridized carbons (Fsp3) is 0.625. The number of likely N-dealkylation sites (tertiary alicyclic amines) is 1. The maximum atomic E-state index is 3.54. The van der Waals surface area contributed by atoms with E-state index in [4.69, 9.17) is 0 Å². The minimum absolute atomic E-state index is 0. The zero-order chi connectivity index (χ0) is 12.6. The third kappa shape index (κ3) is 2.96. The van der Waals surface area contributed by atoms with Crippen LogP contribution in [0.1, 0.15) is 36.9 Å². The van der Waals surface area contributed by atoms with Crippen molar-refractivity contribution in [3.63, 3.8) is 0 Å². The fourth-order valence-electron chi connectivity index (χ4n) is 3.58. The lowest BCUT2D eigenvalue weighted by Gasteiger charge is -2.28. The van der Waals surface area contributed by atoms with Gasteiger partial charge in [0.15, 0.2) is 0 Å². The summed E-state index contributed by atoms with van der Waals surface area (Å²) >= 11 is 0. The molecule has 2 atom stereocenters. The molecule has 2 aliphatic heterocycles. The summed E-state index contributed by atoms with van der Waals surface area (Å²) in [5.74, 6) is 0. The van der Waals surface area contributed by atoms with Crippen LogP contribution < -0.4 is 5.32 Å². The van der Waals surface area contributed by atoms with Crippen LogP contribution in [-0.4, -0.2) is 31.1 Å². The molecule has 19 heavy (non-hydrogen) atoms. The van der Waals surface area contributed by atoms with Crippen molar-refractivity contribution < 1.29 is 0 Å². The molecule has 0 aromatic heterocycles. The van der Waals surface area contributed by atoms with Gasteiger partial charge in [-0.3, -0.25) is 4.90 Å². The second-order valence-electron chi connectivity index (χ2n) is 6.24. The van der Waals surface area contributed by atoms with Crippen LogP contribution in [0.5, 0.6) is 0 Å². The van der Waals surface area contributed by atoms with E-state index in [1.165, 1.54) is 50.1 Å². The average molecular weight is 281 g/mol. The molecule has 1 spiro atoms. The lowest BCUT2D eigenvalue weighted by atomic mass is 9.86. The Kier molecular flexibility index (Phi) is 4.54. The molecule has 2 fully saturated rings.